The molecule has 0 saturated carbocycles. The first-order valence-electron chi connectivity index (χ1n) is 30.2. The van der Waals surface area contributed by atoms with Gasteiger partial charge in [-0.2, -0.15) is 0 Å². The number of rotatable bonds is 48. The van der Waals surface area contributed by atoms with Crippen molar-refractivity contribution >= 4 is 11.9 Å². The molecule has 0 aromatic heterocycles. The number of aliphatic hydroxyl groups excluding tert-OH is 7. The third-order valence-electron chi connectivity index (χ3n) is 14.3. The lowest BCUT2D eigenvalue weighted by atomic mass is 9.98. The Labute approximate surface area is 458 Å². The average Bonchev–Trinajstić information content (AvgIpc) is 3.42. The number of hydrogen-bond acceptors (Lipinski definition) is 15. The van der Waals surface area contributed by atoms with Gasteiger partial charge in [-0.15, -0.1) is 0 Å². The fourth-order valence-corrected chi connectivity index (χ4v) is 9.36. The molecule has 0 bridgehead atoms. The van der Waals surface area contributed by atoms with Crippen LogP contribution in [-0.4, -0.2) is 142 Å². The van der Waals surface area contributed by atoms with E-state index in [4.69, 9.17) is 28.4 Å². The van der Waals surface area contributed by atoms with Gasteiger partial charge in [0.25, 0.3) is 0 Å². The Morgan fingerprint density at radius 2 is 0.789 bits per heavy atom. The molecule has 0 aliphatic carbocycles. The largest absolute Gasteiger partial charge is 0.462 e. The van der Waals surface area contributed by atoms with Crippen molar-refractivity contribution in [3.05, 3.63) is 48.6 Å². The number of carbonyl (C=O) groups excluding carboxylic acids is 2. The molecule has 15 heteroatoms. The molecule has 2 saturated heterocycles. The summed E-state index contributed by atoms with van der Waals surface area (Å²) in [5, 5.41) is 72.3. The van der Waals surface area contributed by atoms with Gasteiger partial charge < -0.3 is 64.2 Å². The van der Waals surface area contributed by atoms with Crippen molar-refractivity contribution in [1.82, 2.24) is 0 Å². The van der Waals surface area contributed by atoms with E-state index in [-0.39, 0.29) is 19.4 Å². The minimum atomic E-state index is -1.78. The fraction of sp³-hybridized carbons (Fsp3) is 0.836. The molecular weight excluding hydrogens is 973 g/mol. The Morgan fingerprint density at radius 3 is 1.25 bits per heavy atom. The van der Waals surface area contributed by atoms with E-state index < -0.39 is 99.3 Å². The molecule has 7 N–H and O–H groups in total. The van der Waals surface area contributed by atoms with Crippen LogP contribution in [0.25, 0.3) is 0 Å². The Balaban J connectivity index is 1.76. The highest BCUT2D eigenvalue weighted by Crippen LogP contribution is 2.27. The van der Waals surface area contributed by atoms with Gasteiger partial charge in [0.05, 0.1) is 19.8 Å². The minimum Gasteiger partial charge on any atom is -0.462 e. The molecule has 2 heterocycles. The summed E-state index contributed by atoms with van der Waals surface area (Å²) in [7, 11) is 0. The van der Waals surface area contributed by atoms with E-state index in [0.29, 0.717) is 25.7 Å². The SMILES string of the molecule is CCCCCCCC/C=C/C/C=C/C/C=C/CCCC(=O)OC[C@H](CO[C@H]1O[C@@H](CO[C@H]2O[C@@H](CO)[C@@H](O)C(O)C2O)[C@@H](O)C(O)C1O)OC(=O)CCC/C=C/CCCCCCCCCCCCCCCCCCCC. The van der Waals surface area contributed by atoms with Crippen molar-refractivity contribution in [3.63, 3.8) is 0 Å². The molecule has 0 amide bonds. The zero-order chi connectivity index (χ0) is 55.3. The molecule has 76 heavy (non-hydrogen) atoms. The zero-order valence-corrected chi connectivity index (χ0v) is 47.2. The molecule has 0 spiro atoms. The predicted octanol–water partition coefficient (Wildman–Crippen LogP) is 10.6. The highest BCUT2D eigenvalue weighted by molar-refractivity contribution is 5.70. The second-order valence-electron chi connectivity index (χ2n) is 21.2. The van der Waals surface area contributed by atoms with Crippen LogP contribution < -0.4 is 0 Å². The van der Waals surface area contributed by atoms with Crippen molar-refractivity contribution < 1.29 is 73.8 Å². The van der Waals surface area contributed by atoms with Crippen LogP contribution in [-0.2, 0) is 38.0 Å². The monoisotopic (exact) mass is 1080 g/mol. The molecule has 2 aliphatic rings. The van der Waals surface area contributed by atoms with E-state index in [1.165, 1.54) is 148 Å². The van der Waals surface area contributed by atoms with Crippen LogP contribution in [0.5, 0.6) is 0 Å². The third kappa shape index (κ3) is 33.8. The predicted molar refractivity (Wildman–Crippen MR) is 298 cm³/mol. The zero-order valence-electron chi connectivity index (χ0n) is 47.2. The van der Waals surface area contributed by atoms with Crippen LogP contribution in [0.4, 0.5) is 0 Å². The van der Waals surface area contributed by atoms with Gasteiger partial charge in [0.15, 0.2) is 18.7 Å². The van der Waals surface area contributed by atoms with Crippen LogP contribution >= 0.6 is 0 Å². The third-order valence-corrected chi connectivity index (χ3v) is 14.3. The normalized spacial score (nSPS) is 24.6. The van der Waals surface area contributed by atoms with Gasteiger partial charge in [-0.25, -0.2) is 0 Å². The van der Waals surface area contributed by atoms with Crippen molar-refractivity contribution in [3.8, 4) is 0 Å². The summed E-state index contributed by atoms with van der Waals surface area (Å²) in [6.45, 7) is 2.54. The number of aliphatic hydroxyl groups is 7. The summed E-state index contributed by atoms with van der Waals surface area (Å²) in [6.07, 6.45) is 38.7. The van der Waals surface area contributed by atoms with Crippen LogP contribution in [0.15, 0.2) is 48.6 Å². The maximum Gasteiger partial charge on any atom is 0.306 e. The second-order valence-corrected chi connectivity index (χ2v) is 21.2. The molecule has 4 unspecified atom stereocenters. The van der Waals surface area contributed by atoms with Gasteiger partial charge in [-0.3, -0.25) is 9.59 Å². The van der Waals surface area contributed by atoms with E-state index in [1.54, 1.807) is 0 Å². The van der Waals surface area contributed by atoms with Crippen LogP contribution in [0.1, 0.15) is 232 Å². The Morgan fingerprint density at radius 1 is 0.421 bits per heavy atom. The van der Waals surface area contributed by atoms with E-state index in [9.17, 15) is 45.3 Å². The summed E-state index contributed by atoms with van der Waals surface area (Å²) in [4.78, 5) is 25.9. The smallest absolute Gasteiger partial charge is 0.306 e. The van der Waals surface area contributed by atoms with E-state index in [0.717, 1.165) is 32.1 Å². The van der Waals surface area contributed by atoms with E-state index in [1.807, 2.05) is 6.08 Å². The number of carbonyl (C=O) groups is 2. The summed E-state index contributed by atoms with van der Waals surface area (Å²) in [6, 6.07) is 0. The fourth-order valence-electron chi connectivity index (χ4n) is 9.36. The van der Waals surface area contributed by atoms with Gasteiger partial charge >= 0.3 is 11.9 Å². The number of ether oxygens (including phenoxy) is 6. The van der Waals surface area contributed by atoms with Crippen molar-refractivity contribution in [2.75, 3.05) is 26.4 Å². The Hall–Kier alpha value is -2.54. The molecule has 11 atom stereocenters. The number of hydrogen-bond donors (Lipinski definition) is 7. The standard InChI is InChI=1S/C61H108O15/c1-3-5-7-9-11-13-15-17-19-21-22-23-24-25-26-28-30-32-34-36-38-40-42-44-53(64)74-49(46-71-52(63)43-41-39-37-35-33-31-29-27-20-18-16-14-12-10-8-6-4-2)47-72-60-59(70)57(68)55(66)51(76-60)48-73-61-58(69)56(67)54(65)50(45-62)75-61/h18,20,29,31,35-38,49-51,54-62,65-70H,3-17,19,21-28,30,32-34,39-48H2,1-2H3/b20-18+,31-29+,37-35+,38-36+/t49-,50+,51+,54-,55-,56?,57?,58?,59?,60+,61+/m1/s1. The first kappa shape index (κ1) is 69.6. The van der Waals surface area contributed by atoms with Gasteiger partial charge in [0.2, 0.25) is 0 Å². The Kier molecular flexibility index (Phi) is 43.3. The average molecular weight is 1080 g/mol. The summed E-state index contributed by atoms with van der Waals surface area (Å²) in [5.74, 6) is -1.02. The molecule has 2 aliphatic heterocycles. The molecule has 2 fully saturated rings. The molecule has 442 valence electrons. The highest BCUT2D eigenvalue weighted by atomic mass is 16.7. The van der Waals surface area contributed by atoms with Gasteiger partial charge in [-0.05, 0) is 64.2 Å². The lowest BCUT2D eigenvalue weighted by molar-refractivity contribution is -0.332. The molecule has 0 aromatic rings. The summed E-state index contributed by atoms with van der Waals surface area (Å²) < 4.78 is 33.6. The second kappa shape index (κ2) is 47.3. The van der Waals surface area contributed by atoms with Crippen LogP contribution in [0.3, 0.4) is 0 Å². The van der Waals surface area contributed by atoms with Crippen molar-refractivity contribution in [2.45, 2.75) is 300 Å². The molecular formula is C61H108O15. The first-order valence-corrected chi connectivity index (χ1v) is 30.2. The summed E-state index contributed by atoms with van der Waals surface area (Å²) >= 11 is 0. The molecule has 2 rings (SSSR count). The number of esters is 2. The lowest BCUT2D eigenvalue weighted by Gasteiger charge is -2.42. The topological polar surface area (TPSA) is 231 Å². The van der Waals surface area contributed by atoms with Crippen LogP contribution in [0, 0.1) is 0 Å². The number of unbranched alkanes of at least 4 members (excludes halogenated alkanes) is 26. The molecule has 15 nitrogen and oxygen atoms in total. The highest BCUT2D eigenvalue weighted by Gasteiger charge is 2.47. The molecule has 0 radical (unpaired) electrons. The van der Waals surface area contributed by atoms with E-state index in [2.05, 4.69) is 56.4 Å². The van der Waals surface area contributed by atoms with Gasteiger partial charge in [-0.1, -0.05) is 204 Å². The molecule has 0 aromatic carbocycles. The Bertz CT molecular complexity index is 1500. The van der Waals surface area contributed by atoms with Gasteiger partial charge in [0, 0.05) is 12.8 Å². The quantitative estimate of drug-likeness (QED) is 0.0171. The lowest BCUT2D eigenvalue weighted by Crippen LogP contribution is -2.61. The van der Waals surface area contributed by atoms with E-state index >= 15 is 0 Å². The maximum atomic E-state index is 13.1. The van der Waals surface area contributed by atoms with Gasteiger partial charge in [0.1, 0.15) is 55.4 Å². The number of allylic oxidation sites excluding steroid dienone is 8. The first-order chi connectivity index (χ1) is 37.0. The minimum absolute atomic E-state index is 0.107. The van der Waals surface area contributed by atoms with Crippen molar-refractivity contribution in [2.24, 2.45) is 0 Å². The summed E-state index contributed by atoms with van der Waals surface area (Å²) in [5.41, 5.74) is 0. The maximum absolute atomic E-state index is 13.1. The van der Waals surface area contributed by atoms with Crippen LogP contribution in [0.2, 0.25) is 0 Å². The van der Waals surface area contributed by atoms with Crippen molar-refractivity contribution in [1.29, 1.82) is 0 Å².